The molecule has 0 aliphatic heterocycles. The van der Waals surface area contributed by atoms with E-state index < -0.39 is 7.60 Å². The lowest BCUT2D eigenvalue weighted by molar-refractivity contribution is -0.116. The molecule has 0 heterocycles. The second-order valence-electron chi connectivity index (χ2n) is 6.51. The molecule has 4 nitrogen and oxygen atoms in total. The van der Waals surface area contributed by atoms with Crippen LogP contribution in [0.2, 0.25) is 0 Å². The summed E-state index contributed by atoms with van der Waals surface area (Å²) in [5, 5.41) is 0. The minimum Gasteiger partial charge on any atom is -0.305 e. The van der Waals surface area contributed by atoms with Crippen LogP contribution >= 0.6 is 7.60 Å². The Labute approximate surface area is 145 Å². The van der Waals surface area contributed by atoms with Crippen molar-refractivity contribution in [3.63, 3.8) is 0 Å². The van der Waals surface area contributed by atoms with Crippen LogP contribution < -0.4 is 0 Å². The van der Waals surface area contributed by atoms with Crippen LogP contribution in [0.5, 0.6) is 0 Å². The van der Waals surface area contributed by atoms with E-state index in [0.717, 1.165) is 23.1 Å². The Morgan fingerprint density at radius 2 is 1.88 bits per heavy atom. The van der Waals surface area contributed by atoms with Crippen molar-refractivity contribution >= 4 is 13.4 Å². The van der Waals surface area contributed by atoms with Crippen molar-refractivity contribution < 1.29 is 18.4 Å². The predicted octanol–water partition coefficient (Wildman–Crippen LogP) is 5.57. The van der Waals surface area contributed by atoms with Gasteiger partial charge >= 0.3 is 7.60 Å². The molecule has 0 fully saturated rings. The highest BCUT2D eigenvalue weighted by Gasteiger charge is 2.30. The topological polar surface area (TPSA) is 52.6 Å². The number of carbonyl (C=O) groups excluding carboxylic acids is 1. The van der Waals surface area contributed by atoms with E-state index in [1.54, 1.807) is 13.8 Å². The van der Waals surface area contributed by atoms with Crippen molar-refractivity contribution in [1.82, 2.24) is 0 Å². The number of rotatable bonds is 7. The van der Waals surface area contributed by atoms with Gasteiger partial charge in [-0.15, -0.1) is 5.73 Å². The van der Waals surface area contributed by atoms with Gasteiger partial charge in [-0.05, 0) is 56.3 Å². The van der Waals surface area contributed by atoms with Crippen LogP contribution in [-0.2, 0) is 18.4 Å². The first kappa shape index (κ1) is 20.9. The normalized spacial score (nSPS) is 18.0. The molecule has 0 bridgehead atoms. The van der Waals surface area contributed by atoms with E-state index in [-0.39, 0.29) is 11.2 Å². The Hall–Kier alpha value is -1.18. The van der Waals surface area contributed by atoms with E-state index in [2.05, 4.69) is 19.6 Å². The number of allylic oxidation sites excluding steroid dienone is 5. The summed E-state index contributed by atoms with van der Waals surface area (Å²) in [6.45, 7) is 12.2. The van der Waals surface area contributed by atoms with Crippen LogP contribution in [0.3, 0.4) is 0 Å². The lowest BCUT2D eigenvalue weighted by Crippen LogP contribution is -2.24. The molecule has 1 aliphatic rings. The first-order valence-corrected chi connectivity index (χ1v) is 10.0. The van der Waals surface area contributed by atoms with Gasteiger partial charge in [-0.1, -0.05) is 26.0 Å². The SMILES string of the molecule is CCOP(=O)(C=C=C(C)/C=C/C1=C(C)C(=O)CCC1(C)C)OCC. The van der Waals surface area contributed by atoms with Crippen molar-refractivity contribution in [2.75, 3.05) is 13.2 Å². The van der Waals surface area contributed by atoms with Crippen LogP contribution in [0.25, 0.3) is 0 Å². The molecular formula is C19H29O4P. The van der Waals surface area contributed by atoms with Gasteiger partial charge in [-0.3, -0.25) is 9.36 Å². The molecule has 0 aromatic heterocycles. The Balaban J connectivity index is 3.08. The van der Waals surface area contributed by atoms with Gasteiger partial charge in [0.05, 0.1) is 19.0 Å². The molecule has 0 N–H and O–H groups in total. The predicted molar refractivity (Wildman–Crippen MR) is 98.0 cm³/mol. The van der Waals surface area contributed by atoms with Gasteiger partial charge in [0.15, 0.2) is 5.78 Å². The zero-order valence-electron chi connectivity index (χ0n) is 15.6. The summed E-state index contributed by atoms with van der Waals surface area (Å²) in [7, 11) is -3.23. The Morgan fingerprint density at radius 1 is 1.29 bits per heavy atom. The van der Waals surface area contributed by atoms with Crippen molar-refractivity contribution in [2.24, 2.45) is 5.41 Å². The van der Waals surface area contributed by atoms with E-state index in [1.165, 1.54) is 5.82 Å². The maximum atomic E-state index is 12.4. The summed E-state index contributed by atoms with van der Waals surface area (Å²) in [5.74, 6) is 1.58. The van der Waals surface area contributed by atoms with Crippen LogP contribution in [-0.4, -0.2) is 19.0 Å². The van der Waals surface area contributed by atoms with Gasteiger partial charge in [0, 0.05) is 6.42 Å². The van der Waals surface area contributed by atoms with Gasteiger partial charge in [0.25, 0.3) is 0 Å². The fourth-order valence-corrected chi connectivity index (χ4v) is 3.97. The highest BCUT2D eigenvalue weighted by molar-refractivity contribution is 7.57. The van der Waals surface area contributed by atoms with Gasteiger partial charge in [0.1, 0.15) is 0 Å². The van der Waals surface area contributed by atoms with Crippen molar-refractivity contribution in [1.29, 1.82) is 0 Å². The second kappa shape index (κ2) is 8.78. The molecule has 1 aliphatic carbocycles. The van der Waals surface area contributed by atoms with E-state index in [0.29, 0.717) is 19.6 Å². The zero-order chi connectivity index (χ0) is 18.4. The molecule has 0 unspecified atom stereocenters. The summed E-state index contributed by atoms with van der Waals surface area (Å²) in [4.78, 5) is 11.9. The van der Waals surface area contributed by atoms with Gasteiger partial charge < -0.3 is 9.05 Å². The lowest BCUT2D eigenvalue weighted by atomic mass is 9.72. The Bertz CT molecular complexity index is 636. The van der Waals surface area contributed by atoms with Crippen LogP contribution in [0, 0.1) is 5.41 Å². The lowest BCUT2D eigenvalue weighted by Gasteiger charge is -2.32. The van der Waals surface area contributed by atoms with Crippen LogP contribution in [0.1, 0.15) is 54.4 Å². The molecular weight excluding hydrogens is 323 g/mol. The molecule has 0 amide bonds. The smallest absolute Gasteiger partial charge is 0.305 e. The molecule has 1 rings (SSSR count). The van der Waals surface area contributed by atoms with Gasteiger partial charge in [-0.25, -0.2) is 0 Å². The molecule has 24 heavy (non-hydrogen) atoms. The Morgan fingerprint density at radius 3 is 2.42 bits per heavy atom. The maximum absolute atomic E-state index is 12.4. The molecule has 0 atom stereocenters. The number of ketones is 1. The quantitative estimate of drug-likeness (QED) is 0.341. The largest absolute Gasteiger partial charge is 0.361 e. The van der Waals surface area contributed by atoms with Gasteiger partial charge in [-0.2, -0.15) is 0 Å². The van der Waals surface area contributed by atoms with Crippen molar-refractivity contribution in [3.8, 4) is 0 Å². The summed E-state index contributed by atoms with van der Waals surface area (Å²) in [5.41, 5.74) is 5.62. The third kappa shape index (κ3) is 5.72. The molecule has 0 saturated carbocycles. The third-order valence-corrected chi connectivity index (χ3v) is 5.78. The van der Waals surface area contributed by atoms with Crippen molar-refractivity contribution in [2.45, 2.75) is 54.4 Å². The second-order valence-corrected chi connectivity index (χ2v) is 8.37. The first-order valence-electron chi connectivity index (χ1n) is 8.41. The molecule has 5 heteroatoms. The minimum absolute atomic E-state index is 0.0234. The third-order valence-electron chi connectivity index (χ3n) is 4.10. The fraction of sp³-hybridized carbons (Fsp3) is 0.579. The molecule has 134 valence electrons. The summed E-state index contributed by atoms with van der Waals surface area (Å²) >= 11 is 0. The highest BCUT2D eigenvalue weighted by Crippen LogP contribution is 2.49. The monoisotopic (exact) mass is 352 g/mol. The number of hydrogen-bond acceptors (Lipinski definition) is 4. The zero-order valence-corrected chi connectivity index (χ0v) is 16.5. The summed E-state index contributed by atoms with van der Waals surface area (Å²) in [6.07, 6.45) is 5.31. The highest BCUT2D eigenvalue weighted by atomic mass is 31.2. The first-order chi connectivity index (χ1) is 11.1. The van der Waals surface area contributed by atoms with E-state index in [4.69, 9.17) is 9.05 Å². The van der Waals surface area contributed by atoms with E-state index in [1.807, 2.05) is 26.0 Å². The maximum Gasteiger partial charge on any atom is 0.361 e. The Kier molecular flexibility index (Phi) is 7.63. The summed E-state index contributed by atoms with van der Waals surface area (Å²) < 4.78 is 22.8. The fourth-order valence-electron chi connectivity index (χ4n) is 2.67. The van der Waals surface area contributed by atoms with Crippen LogP contribution in [0.15, 0.2) is 40.4 Å². The van der Waals surface area contributed by atoms with E-state index >= 15 is 0 Å². The van der Waals surface area contributed by atoms with Crippen LogP contribution in [0.4, 0.5) is 0 Å². The molecule has 0 spiro atoms. The summed E-state index contributed by atoms with van der Waals surface area (Å²) in [6, 6.07) is 0. The standard InChI is InChI=1S/C19H29O4P/c1-7-22-24(21,23-8-2)14-12-15(3)9-10-17-16(4)18(20)11-13-19(17,5)6/h9-10,14H,7-8,11,13H2,1-6H3/b10-9+. The average Bonchev–Trinajstić information content (AvgIpc) is 2.50. The number of hydrogen-bond donors (Lipinski definition) is 0. The number of carbonyl (C=O) groups is 1. The minimum atomic E-state index is -3.23. The van der Waals surface area contributed by atoms with Gasteiger partial charge in [0.2, 0.25) is 0 Å². The molecule has 0 aromatic carbocycles. The van der Waals surface area contributed by atoms with E-state index in [9.17, 15) is 9.36 Å². The van der Waals surface area contributed by atoms with Crippen molar-refractivity contribution in [3.05, 3.63) is 40.4 Å². The number of Topliss-reactive ketones (excluding diaryl/α,β-unsaturated/α-hetero) is 1. The average molecular weight is 352 g/mol. The molecule has 0 aromatic rings. The molecule has 0 saturated heterocycles. The molecule has 0 radical (unpaired) electrons.